The molecule has 4 nitrogen and oxygen atoms in total. The van der Waals surface area contributed by atoms with E-state index in [1.165, 1.54) is 6.07 Å². The third kappa shape index (κ3) is 4.15. The van der Waals surface area contributed by atoms with Crippen molar-refractivity contribution < 1.29 is 14.6 Å². The fourth-order valence-corrected chi connectivity index (χ4v) is 2.09. The van der Waals surface area contributed by atoms with Crippen LogP contribution in [0, 0.1) is 23.2 Å². The highest BCUT2D eigenvalue weighted by Gasteiger charge is 2.07. The Kier molecular flexibility index (Phi) is 5.25. The lowest BCUT2D eigenvalue weighted by molar-refractivity contribution is -0.139. The van der Waals surface area contributed by atoms with Gasteiger partial charge in [0.25, 0.3) is 0 Å². The molecule has 0 aliphatic heterocycles. The molecule has 2 rings (SSSR count). The van der Waals surface area contributed by atoms with Gasteiger partial charge in [0.05, 0.1) is 22.2 Å². The highest BCUT2D eigenvalue weighted by molar-refractivity contribution is 6.32. The first kappa shape index (κ1) is 15.7. The van der Waals surface area contributed by atoms with Gasteiger partial charge in [-0.3, -0.25) is 0 Å². The summed E-state index contributed by atoms with van der Waals surface area (Å²) in [6, 6.07) is 6.67. The standard InChI is InChI=1S/C17H12ClNO3/c18-15-4-2-1-3-13(15)6-7-14-9-12(10-19)5-8-16(14)22-11-17(20)21/h3-5,8-9H,1-2,11H2,(H,20,21). The van der Waals surface area contributed by atoms with Crippen molar-refractivity contribution in [1.82, 2.24) is 0 Å². The first-order chi connectivity index (χ1) is 10.6. The van der Waals surface area contributed by atoms with Gasteiger partial charge in [0, 0.05) is 5.57 Å². The molecule has 0 bridgehead atoms. The summed E-state index contributed by atoms with van der Waals surface area (Å²) in [5.74, 6) is 5.09. The third-order valence-corrected chi connectivity index (χ3v) is 3.25. The van der Waals surface area contributed by atoms with Crippen molar-refractivity contribution >= 4 is 17.6 Å². The first-order valence-corrected chi connectivity index (χ1v) is 6.95. The fraction of sp³-hybridized carbons (Fsp3) is 0.176. The van der Waals surface area contributed by atoms with E-state index in [1.807, 2.05) is 18.2 Å². The first-order valence-electron chi connectivity index (χ1n) is 6.57. The summed E-state index contributed by atoms with van der Waals surface area (Å²) in [6.45, 7) is -0.468. The molecule has 5 heteroatoms. The fourth-order valence-electron chi connectivity index (χ4n) is 1.85. The average Bonchev–Trinajstić information content (AvgIpc) is 2.52. The second kappa shape index (κ2) is 7.36. The van der Waals surface area contributed by atoms with Crippen molar-refractivity contribution in [1.29, 1.82) is 5.26 Å². The molecule has 1 aliphatic rings. The van der Waals surface area contributed by atoms with Gasteiger partial charge in [-0.15, -0.1) is 0 Å². The minimum atomic E-state index is -1.08. The summed E-state index contributed by atoms with van der Waals surface area (Å²) in [4.78, 5) is 10.6. The summed E-state index contributed by atoms with van der Waals surface area (Å²) in [7, 11) is 0. The largest absolute Gasteiger partial charge is 0.481 e. The molecule has 0 aromatic heterocycles. The van der Waals surface area contributed by atoms with Crippen LogP contribution in [0.5, 0.6) is 5.75 Å². The number of aliphatic carboxylic acids is 1. The van der Waals surface area contributed by atoms with Crippen LogP contribution in [0.3, 0.4) is 0 Å². The summed E-state index contributed by atoms with van der Waals surface area (Å²) >= 11 is 6.08. The molecule has 0 radical (unpaired) electrons. The van der Waals surface area contributed by atoms with E-state index in [0.717, 1.165) is 18.4 Å². The zero-order chi connectivity index (χ0) is 15.9. The van der Waals surface area contributed by atoms with Gasteiger partial charge in [0.15, 0.2) is 6.61 Å². The van der Waals surface area contributed by atoms with Crippen molar-refractivity contribution in [3.63, 3.8) is 0 Å². The second-order valence-corrected chi connectivity index (χ2v) is 4.91. The summed E-state index contributed by atoms with van der Waals surface area (Å²) in [5.41, 5.74) is 1.60. The number of ether oxygens (including phenoxy) is 1. The van der Waals surface area contributed by atoms with Gasteiger partial charge in [-0.2, -0.15) is 5.26 Å². The monoisotopic (exact) mass is 313 g/mol. The minimum Gasteiger partial charge on any atom is -0.481 e. The molecule has 0 atom stereocenters. The van der Waals surface area contributed by atoms with Gasteiger partial charge in [-0.25, -0.2) is 4.79 Å². The molecular formula is C17H12ClNO3. The highest BCUT2D eigenvalue weighted by atomic mass is 35.5. The number of nitriles is 1. The number of allylic oxidation sites excluding steroid dienone is 4. The van der Waals surface area contributed by atoms with Crippen LogP contribution in [0.15, 0.2) is 41.0 Å². The number of hydrogen-bond acceptors (Lipinski definition) is 3. The Morgan fingerprint density at radius 3 is 2.77 bits per heavy atom. The number of nitrogens with zero attached hydrogens (tertiary/aromatic N) is 1. The van der Waals surface area contributed by atoms with Gasteiger partial charge in [0.2, 0.25) is 0 Å². The van der Waals surface area contributed by atoms with Crippen LogP contribution in [-0.4, -0.2) is 17.7 Å². The quantitative estimate of drug-likeness (QED) is 0.870. The molecule has 0 amide bonds. The van der Waals surface area contributed by atoms with Crippen LogP contribution >= 0.6 is 11.6 Å². The number of benzene rings is 1. The topological polar surface area (TPSA) is 70.3 Å². The SMILES string of the molecule is N#Cc1ccc(OCC(=O)O)c(C#CC2=CCCC=C2Cl)c1. The molecule has 1 aromatic rings. The molecular weight excluding hydrogens is 302 g/mol. The van der Waals surface area contributed by atoms with Crippen LogP contribution in [0.2, 0.25) is 0 Å². The van der Waals surface area contributed by atoms with Crippen molar-refractivity contribution in [2.75, 3.05) is 6.61 Å². The van der Waals surface area contributed by atoms with Gasteiger partial charge in [-0.1, -0.05) is 35.6 Å². The van der Waals surface area contributed by atoms with E-state index in [1.54, 1.807) is 12.1 Å². The predicted octanol–water partition coefficient (Wildman–Crippen LogP) is 3.22. The molecule has 0 spiro atoms. The lowest BCUT2D eigenvalue weighted by atomic mass is 10.1. The van der Waals surface area contributed by atoms with Gasteiger partial charge in [-0.05, 0) is 31.0 Å². The summed E-state index contributed by atoms with van der Waals surface area (Å²) < 4.78 is 5.19. The maximum Gasteiger partial charge on any atom is 0.341 e. The summed E-state index contributed by atoms with van der Waals surface area (Å²) in [6.07, 6.45) is 5.61. The normalized spacial score (nSPS) is 13.1. The maximum atomic E-state index is 10.6. The zero-order valence-electron chi connectivity index (χ0n) is 11.6. The van der Waals surface area contributed by atoms with Gasteiger partial charge in [0.1, 0.15) is 5.75 Å². The highest BCUT2D eigenvalue weighted by Crippen LogP contribution is 2.23. The van der Waals surface area contributed by atoms with Crippen LogP contribution in [0.1, 0.15) is 24.0 Å². The molecule has 1 N–H and O–H groups in total. The Balaban J connectivity index is 2.32. The van der Waals surface area contributed by atoms with Gasteiger partial charge >= 0.3 is 5.97 Å². The molecule has 0 saturated heterocycles. The van der Waals surface area contributed by atoms with E-state index in [0.29, 0.717) is 21.9 Å². The van der Waals surface area contributed by atoms with Crippen molar-refractivity contribution in [2.24, 2.45) is 0 Å². The Hall–Kier alpha value is -2.69. The summed E-state index contributed by atoms with van der Waals surface area (Å²) in [5, 5.41) is 18.2. The van der Waals surface area contributed by atoms with E-state index in [9.17, 15) is 4.79 Å². The maximum absolute atomic E-state index is 10.6. The lowest BCUT2D eigenvalue weighted by Crippen LogP contribution is -2.10. The van der Waals surface area contributed by atoms with Crippen molar-refractivity contribution in [3.05, 3.63) is 52.1 Å². The molecule has 0 saturated carbocycles. The molecule has 22 heavy (non-hydrogen) atoms. The van der Waals surface area contributed by atoms with Crippen LogP contribution < -0.4 is 4.74 Å². The molecule has 1 aliphatic carbocycles. The van der Waals surface area contributed by atoms with Crippen LogP contribution in [-0.2, 0) is 4.79 Å². The van der Waals surface area contributed by atoms with E-state index >= 15 is 0 Å². The Morgan fingerprint density at radius 2 is 2.09 bits per heavy atom. The molecule has 1 aromatic carbocycles. The van der Waals surface area contributed by atoms with Crippen LogP contribution in [0.4, 0.5) is 0 Å². The lowest BCUT2D eigenvalue weighted by Gasteiger charge is -2.07. The number of carboxylic acid groups (broad SMARTS) is 1. The number of carbonyl (C=O) groups is 1. The molecule has 0 fully saturated rings. The number of halogens is 1. The van der Waals surface area contributed by atoms with Gasteiger partial charge < -0.3 is 9.84 Å². The van der Waals surface area contributed by atoms with E-state index < -0.39 is 12.6 Å². The average molecular weight is 314 g/mol. The van der Waals surface area contributed by atoms with Crippen molar-refractivity contribution in [3.8, 4) is 23.7 Å². The Bertz CT molecular complexity index is 760. The Morgan fingerprint density at radius 1 is 1.32 bits per heavy atom. The minimum absolute atomic E-state index is 0.324. The Labute approximate surface area is 133 Å². The van der Waals surface area contributed by atoms with Crippen LogP contribution in [0.25, 0.3) is 0 Å². The molecule has 0 heterocycles. The zero-order valence-corrected chi connectivity index (χ0v) is 12.4. The van der Waals surface area contributed by atoms with E-state index in [-0.39, 0.29) is 0 Å². The van der Waals surface area contributed by atoms with E-state index in [2.05, 4.69) is 11.8 Å². The number of rotatable bonds is 3. The number of carboxylic acids is 1. The third-order valence-electron chi connectivity index (χ3n) is 2.89. The second-order valence-electron chi connectivity index (χ2n) is 4.50. The van der Waals surface area contributed by atoms with E-state index in [4.69, 9.17) is 26.7 Å². The molecule has 0 unspecified atom stereocenters. The predicted molar refractivity (Wildman–Crippen MR) is 82.4 cm³/mol. The smallest absolute Gasteiger partial charge is 0.341 e. The number of hydrogen-bond donors (Lipinski definition) is 1. The molecule has 110 valence electrons. The van der Waals surface area contributed by atoms with Crippen molar-refractivity contribution in [2.45, 2.75) is 12.8 Å².